The Morgan fingerprint density at radius 3 is 3.17 bits per heavy atom. The molecule has 7 heteroatoms. The number of nitrogens with one attached hydrogen (secondary N) is 1. The first-order chi connectivity index (χ1) is 8.92. The van der Waals surface area contributed by atoms with Crippen molar-refractivity contribution in [1.29, 1.82) is 0 Å². The average molecular weight is 239 g/mol. The molecule has 0 amide bonds. The van der Waals surface area contributed by atoms with Crippen LogP contribution >= 0.6 is 0 Å². The van der Waals surface area contributed by atoms with Gasteiger partial charge in [0.1, 0.15) is 6.33 Å². The van der Waals surface area contributed by atoms with Crippen molar-refractivity contribution in [3.8, 4) is 0 Å². The second-order valence-electron chi connectivity index (χ2n) is 3.51. The van der Waals surface area contributed by atoms with Crippen molar-refractivity contribution in [2.45, 2.75) is 0 Å². The molecule has 7 nitrogen and oxygen atoms in total. The van der Waals surface area contributed by atoms with E-state index >= 15 is 0 Å². The molecule has 3 aromatic heterocycles. The van der Waals surface area contributed by atoms with E-state index < -0.39 is 0 Å². The molecule has 3 rings (SSSR count). The lowest BCUT2D eigenvalue weighted by molar-refractivity contribution is 0.925. The number of anilines is 1. The Hall–Kier alpha value is -2.83. The van der Waals surface area contributed by atoms with E-state index in [1.165, 1.54) is 6.33 Å². The first-order valence-corrected chi connectivity index (χ1v) is 5.28. The molecule has 0 fully saturated rings. The number of aromatic nitrogens is 5. The number of hydrogen-bond donors (Lipinski definition) is 1. The summed E-state index contributed by atoms with van der Waals surface area (Å²) < 4.78 is 1.57. The maximum absolute atomic E-state index is 4.22. The van der Waals surface area contributed by atoms with Crippen LogP contribution in [0.3, 0.4) is 0 Å². The number of nitrogens with zero attached hydrogens (tertiary/aromatic N) is 6. The van der Waals surface area contributed by atoms with Gasteiger partial charge in [-0.25, -0.2) is 0 Å². The molecule has 1 N–H and O–H groups in total. The lowest BCUT2D eigenvalue weighted by Crippen LogP contribution is -1.98. The number of hydrogen-bond acceptors (Lipinski definition) is 6. The normalized spacial score (nSPS) is 11.1. The van der Waals surface area contributed by atoms with Gasteiger partial charge in [0.25, 0.3) is 0 Å². The maximum atomic E-state index is 4.22. The van der Waals surface area contributed by atoms with E-state index in [2.05, 4.69) is 30.8 Å². The first kappa shape index (κ1) is 10.3. The molecular formula is C11H9N7. The molecule has 0 aliphatic heterocycles. The van der Waals surface area contributed by atoms with Crippen molar-refractivity contribution in [1.82, 2.24) is 24.8 Å². The van der Waals surface area contributed by atoms with Crippen LogP contribution in [0.5, 0.6) is 0 Å². The Morgan fingerprint density at radius 2 is 2.28 bits per heavy atom. The predicted octanol–water partition coefficient (Wildman–Crippen LogP) is 0.965. The lowest BCUT2D eigenvalue weighted by Gasteiger charge is -1.98. The third kappa shape index (κ3) is 2.14. The average Bonchev–Trinajstić information content (AvgIpc) is 2.87. The van der Waals surface area contributed by atoms with E-state index in [-0.39, 0.29) is 0 Å². The Kier molecular flexibility index (Phi) is 2.63. The van der Waals surface area contributed by atoms with Gasteiger partial charge in [-0.15, -0.1) is 15.3 Å². The summed E-state index contributed by atoms with van der Waals surface area (Å²) in [5, 5.41) is 15.9. The summed E-state index contributed by atoms with van der Waals surface area (Å²) in [5.41, 5.74) is 4.43. The smallest absolute Gasteiger partial charge is 0.177 e. The molecule has 0 bridgehead atoms. The summed E-state index contributed by atoms with van der Waals surface area (Å²) in [6.07, 6.45) is 6.64. The van der Waals surface area contributed by atoms with Crippen LogP contribution < -0.4 is 5.43 Å². The Labute approximate surface area is 102 Å². The van der Waals surface area contributed by atoms with E-state index in [0.717, 1.165) is 5.56 Å². The van der Waals surface area contributed by atoms with Crippen LogP contribution in [0.4, 0.5) is 5.82 Å². The number of fused-ring (bicyclic) bond motifs is 1. The summed E-state index contributed by atoms with van der Waals surface area (Å²) in [5.74, 6) is 0.613. The fourth-order valence-electron chi connectivity index (χ4n) is 1.41. The molecule has 18 heavy (non-hydrogen) atoms. The van der Waals surface area contributed by atoms with Gasteiger partial charge in [-0.3, -0.25) is 10.4 Å². The molecule has 0 aliphatic rings. The lowest BCUT2D eigenvalue weighted by atomic mass is 10.3. The van der Waals surface area contributed by atoms with Gasteiger partial charge in [-0.05, 0) is 18.2 Å². The van der Waals surface area contributed by atoms with E-state index in [1.54, 1.807) is 29.2 Å². The Bertz CT molecular complexity index is 674. The van der Waals surface area contributed by atoms with Gasteiger partial charge in [-0.2, -0.15) is 9.62 Å². The quantitative estimate of drug-likeness (QED) is 0.544. The van der Waals surface area contributed by atoms with Crippen LogP contribution in [0, 0.1) is 0 Å². The molecule has 3 aromatic rings. The summed E-state index contributed by atoms with van der Waals surface area (Å²) in [6, 6.07) is 7.35. The molecule has 0 aliphatic carbocycles. The highest BCUT2D eigenvalue weighted by Gasteiger charge is 1.97. The van der Waals surface area contributed by atoms with Crippen molar-refractivity contribution in [2.24, 2.45) is 5.10 Å². The van der Waals surface area contributed by atoms with Gasteiger partial charge >= 0.3 is 0 Å². The van der Waals surface area contributed by atoms with Gasteiger partial charge in [0.2, 0.25) is 0 Å². The SMILES string of the molecule is C(=N\Nc1ccc2nncn2n1)/c1cccnc1. The largest absolute Gasteiger partial charge is 0.264 e. The van der Waals surface area contributed by atoms with Crippen LogP contribution in [-0.2, 0) is 0 Å². The Morgan fingerprint density at radius 1 is 1.28 bits per heavy atom. The topological polar surface area (TPSA) is 80.4 Å². The highest BCUT2D eigenvalue weighted by molar-refractivity contribution is 5.79. The minimum Gasteiger partial charge on any atom is -0.264 e. The second-order valence-corrected chi connectivity index (χ2v) is 3.51. The second kappa shape index (κ2) is 4.58. The van der Waals surface area contributed by atoms with Crippen molar-refractivity contribution in [3.05, 3.63) is 48.5 Å². The molecule has 0 radical (unpaired) electrons. The molecular weight excluding hydrogens is 230 g/mol. The van der Waals surface area contributed by atoms with E-state index in [1.807, 2.05) is 18.2 Å². The third-order valence-corrected chi connectivity index (χ3v) is 2.24. The molecule has 0 aromatic carbocycles. The van der Waals surface area contributed by atoms with Crippen LogP contribution in [0.1, 0.15) is 5.56 Å². The van der Waals surface area contributed by atoms with Crippen molar-refractivity contribution in [3.63, 3.8) is 0 Å². The molecule has 0 atom stereocenters. The molecule has 88 valence electrons. The zero-order chi connectivity index (χ0) is 12.2. The molecule has 3 heterocycles. The van der Waals surface area contributed by atoms with E-state index in [0.29, 0.717) is 11.5 Å². The number of hydrazone groups is 1. The minimum absolute atomic E-state index is 0.613. The minimum atomic E-state index is 0.613. The standard InChI is InChI=1S/C11H9N7/c1-2-9(6-12-5-1)7-13-15-10-3-4-11-16-14-8-18(11)17-10/h1-8H,(H,15,17)/b13-7+. The zero-order valence-electron chi connectivity index (χ0n) is 9.30. The van der Waals surface area contributed by atoms with Gasteiger partial charge in [0.15, 0.2) is 11.5 Å². The Balaban J connectivity index is 1.74. The molecule has 0 unspecified atom stereocenters. The van der Waals surface area contributed by atoms with Crippen LogP contribution in [-0.4, -0.2) is 31.0 Å². The number of pyridine rings is 1. The van der Waals surface area contributed by atoms with Gasteiger partial charge in [-0.1, -0.05) is 6.07 Å². The van der Waals surface area contributed by atoms with Gasteiger partial charge in [0.05, 0.1) is 6.21 Å². The molecule has 0 spiro atoms. The van der Waals surface area contributed by atoms with Crippen molar-refractivity contribution in [2.75, 3.05) is 5.43 Å². The monoisotopic (exact) mass is 239 g/mol. The summed E-state index contributed by atoms with van der Waals surface area (Å²) in [6.45, 7) is 0. The first-order valence-electron chi connectivity index (χ1n) is 5.28. The fourth-order valence-corrected chi connectivity index (χ4v) is 1.41. The highest BCUT2D eigenvalue weighted by atomic mass is 15.4. The molecule has 0 saturated heterocycles. The van der Waals surface area contributed by atoms with Gasteiger partial charge < -0.3 is 0 Å². The van der Waals surface area contributed by atoms with E-state index in [4.69, 9.17) is 0 Å². The fraction of sp³-hybridized carbons (Fsp3) is 0. The summed E-state index contributed by atoms with van der Waals surface area (Å²) >= 11 is 0. The van der Waals surface area contributed by atoms with Crippen LogP contribution in [0.2, 0.25) is 0 Å². The van der Waals surface area contributed by atoms with Gasteiger partial charge in [0, 0.05) is 18.0 Å². The highest BCUT2D eigenvalue weighted by Crippen LogP contribution is 2.03. The maximum Gasteiger partial charge on any atom is 0.177 e. The summed E-state index contributed by atoms with van der Waals surface area (Å²) in [7, 11) is 0. The molecule has 0 saturated carbocycles. The zero-order valence-corrected chi connectivity index (χ0v) is 9.30. The number of rotatable bonds is 3. The predicted molar refractivity (Wildman–Crippen MR) is 66.2 cm³/mol. The van der Waals surface area contributed by atoms with Crippen molar-refractivity contribution < 1.29 is 0 Å². The third-order valence-electron chi connectivity index (χ3n) is 2.24. The summed E-state index contributed by atoms with van der Waals surface area (Å²) in [4.78, 5) is 3.99. The van der Waals surface area contributed by atoms with Crippen molar-refractivity contribution >= 4 is 17.7 Å². The van der Waals surface area contributed by atoms with Crippen LogP contribution in [0.15, 0.2) is 48.1 Å². The van der Waals surface area contributed by atoms with Crippen LogP contribution in [0.25, 0.3) is 5.65 Å². The van der Waals surface area contributed by atoms with E-state index in [9.17, 15) is 0 Å².